The molecule has 0 saturated carbocycles. The lowest BCUT2D eigenvalue weighted by Gasteiger charge is -2.22. The van der Waals surface area contributed by atoms with Crippen LogP contribution >= 0.6 is 0 Å². The van der Waals surface area contributed by atoms with Crippen molar-refractivity contribution in [1.82, 2.24) is 0 Å². The molecule has 0 spiro atoms. The second-order valence-electron chi connectivity index (χ2n) is 5.12. The van der Waals surface area contributed by atoms with Crippen molar-refractivity contribution in [3.8, 4) is 0 Å². The number of hydrogen-bond donors (Lipinski definition) is 2. The molecule has 0 radical (unpaired) electrons. The van der Waals surface area contributed by atoms with E-state index in [-0.39, 0.29) is 35.2 Å². The van der Waals surface area contributed by atoms with Gasteiger partial charge < -0.3 is 15.2 Å². The molecule has 3 atom stereocenters. The molecule has 7 heteroatoms. The number of rotatable bonds is 4. The van der Waals surface area contributed by atoms with Crippen LogP contribution in [0.5, 0.6) is 0 Å². The molecule has 2 saturated heterocycles. The monoisotopic (exact) mass is 278 g/mol. The van der Waals surface area contributed by atoms with Gasteiger partial charge in [-0.05, 0) is 25.3 Å². The minimum absolute atomic E-state index is 0.0152. The number of carbonyl (C=O) groups is 1. The number of carboxylic acid groups (broad SMARTS) is 1. The summed E-state index contributed by atoms with van der Waals surface area (Å²) in [5.41, 5.74) is -0.221. The van der Waals surface area contributed by atoms with Crippen molar-refractivity contribution < 1.29 is 19.6 Å². The average Bonchev–Trinajstić information content (AvgIpc) is 3.00. The molecule has 2 N–H and O–H groups in total. The lowest BCUT2D eigenvalue weighted by atomic mass is 9.95. The molecule has 2 fully saturated rings. The van der Waals surface area contributed by atoms with Gasteiger partial charge in [0.05, 0.1) is 28.7 Å². The average molecular weight is 278 g/mol. The molecule has 0 aliphatic carbocycles. The molecule has 20 heavy (non-hydrogen) atoms. The number of aromatic carboxylic acids is 1. The first kappa shape index (κ1) is 12.9. The molecule has 0 aromatic heterocycles. The van der Waals surface area contributed by atoms with Gasteiger partial charge in [-0.25, -0.2) is 4.79 Å². The van der Waals surface area contributed by atoms with Crippen molar-refractivity contribution in [2.24, 2.45) is 0 Å². The second-order valence-corrected chi connectivity index (χ2v) is 5.12. The summed E-state index contributed by atoms with van der Waals surface area (Å²) < 4.78 is 5.68. The van der Waals surface area contributed by atoms with Gasteiger partial charge in [0.15, 0.2) is 0 Å². The van der Waals surface area contributed by atoms with Gasteiger partial charge in [0.2, 0.25) is 0 Å². The molecular formula is C13H14N2O5. The fourth-order valence-electron chi connectivity index (χ4n) is 3.00. The molecule has 2 heterocycles. The maximum Gasteiger partial charge on any atom is 0.338 e. The molecule has 3 unspecified atom stereocenters. The van der Waals surface area contributed by atoms with Crippen LogP contribution < -0.4 is 5.32 Å². The number of para-hydroxylation sites is 1. The zero-order valence-corrected chi connectivity index (χ0v) is 10.6. The van der Waals surface area contributed by atoms with E-state index in [9.17, 15) is 20.0 Å². The minimum Gasteiger partial charge on any atom is -0.478 e. The van der Waals surface area contributed by atoms with Crippen molar-refractivity contribution >= 4 is 17.3 Å². The van der Waals surface area contributed by atoms with Crippen LogP contribution in [0.3, 0.4) is 0 Å². The summed E-state index contributed by atoms with van der Waals surface area (Å²) in [7, 11) is 0. The van der Waals surface area contributed by atoms with E-state index >= 15 is 0 Å². The number of hydrogen-bond acceptors (Lipinski definition) is 5. The summed E-state index contributed by atoms with van der Waals surface area (Å²) in [4.78, 5) is 21.7. The number of fused-ring (bicyclic) bond motifs is 2. The van der Waals surface area contributed by atoms with E-state index in [2.05, 4.69) is 5.32 Å². The van der Waals surface area contributed by atoms with Crippen LogP contribution in [0.4, 0.5) is 11.4 Å². The predicted molar refractivity (Wildman–Crippen MR) is 70.0 cm³/mol. The van der Waals surface area contributed by atoms with E-state index in [1.807, 2.05) is 0 Å². The zero-order valence-electron chi connectivity index (χ0n) is 10.6. The Morgan fingerprint density at radius 1 is 1.45 bits per heavy atom. The third kappa shape index (κ3) is 2.09. The predicted octanol–water partition coefficient (Wildman–Crippen LogP) is 2.02. The topological polar surface area (TPSA) is 102 Å². The molecule has 3 rings (SSSR count). The summed E-state index contributed by atoms with van der Waals surface area (Å²) in [6, 6.07) is 3.99. The lowest BCUT2D eigenvalue weighted by molar-refractivity contribution is -0.384. The van der Waals surface area contributed by atoms with Crippen LogP contribution in [-0.2, 0) is 4.74 Å². The number of nitrogens with zero attached hydrogens (tertiary/aromatic N) is 1. The SMILES string of the molecule is O=C(O)c1cccc([N+](=O)[O-])c1NC1CC2CCC1O2. The van der Waals surface area contributed by atoms with Gasteiger partial charge in [0, 0.05) is 6.07 Å². The van der Waals surface area contributed by atoms with E-state index < -0.39 is 10.9 Å². The number of benzene rings is 1. The summed E-state index contributed by atoms with van der Waals surface area (Å²) >= 11 is 0. The van der Waals surface area contributed by atoms with Crippen LogP contribution in [0, 0.1) is 10.1 Å². The molecule has 1 aromatic rings. The highest BCUT2D eigenvalue weighted by Crippen LogP contribution is 2.38. The second kappa shape index (κ2) is 4.75. The smallest absolute Gasteiger partial charge is 0.338 e. The fraction of sp³-hybridized carbons (Fsp3) is 0.462. The third-order valence-electron chi connectivity index (χ3n) is 3.91. The normalized spacial score (nSPS) is 27.5. The van der Waals surface area contributed by atoms with E-state index in [4.69, 9.17) is 4.74 Å². The number of carboxylic acids is 1. The van der Waals surface area contributed by atoms with E-state index in [0.717, 1.165) is 19.3 Å². The maximum absolute atomic E-state index is 11.2. The van der Waals surface area contributed by atoms with Gasteiger partial charge in [-0.3, -0.25) is 10.1 Å². The van der Waals surface area contributed by atoms with Crippen LogP contribution in [0.2, 0.25) is 0 Å². The van der Waals surface area contributed by atoms with Crippen molar-refractivity contribution in [3.05, 3.63) is 33.9 Å². The van der Waals surface area contributed by atoms with E-state index in [0.29, 0.717) is 0 Å². The van der Waals surface area contributed by atoms with Crippen LogP contribution in [-0.4, -0.2) is 34.2 Å². The molecule has 2 bridgehead atoms. The standard InChI is InChI=1S/C13H14N2O5/c16-13(17)8-2-1-3-10(15(18)19)12(8)14-9-6-7-4-5-11(9)20-7/h1-3,7,9,11,14H,4-6H2,(H,16,17). The van der Waals surface area contributed by atoms with Gasteiger partial charge in [-0.2, -0.15) is 0 Å². The number of nitro groups is 1. The Hall–Kier alpha value is -2.15. The Kier molecular flexibility index (Phi) is 3.06. The quantitative estimate of drug-likeness (QED) is 0.645. The summed E-state index contributed by atoms with van der Waals surface area (Å²) in [5, 5.41) is 23.3. The van der Waals surface area contributed by atoms with Gasteiger partial charge in [-0.1, -0.05) is 6.07 Å². The Balaban J connectivity index is 1.94. The number of nitrogens with one attached hydrogen (secondary N) is 1. The highest BCUT2D eigenvalue weighted by molar-refractivity contribution is 5.96. The van der Waals surface area contributed by atoms with E-state index in [1.54, 1.807) is 0 Å². The van der Waals surface area contributed by atoms with Crippen molar-refractivity contribution in [2.45, 2.75) is 37.5 Å². The summed E-state index contributed by atoms with van der Waals surface area (Å²) in [6.07, 6.45) is 2.88. The summed E-state index contributed by atoms with van der Waals surface area (Å²) in [6.45, 7) is 0. The molecule has 1 aromatic carbocycles. The summed E-state index contributed by atoms with van der Waals surface area (Å²) in [5.74, 6) is -1.18. The van der Waals surface area contributed by atoms with Crippen molar-refractivity contribution in [1.29, 1.82) is 0 Å². The Labute approximate surface area is 114 Å². The first-order valence-electron chi connectivity index (χ1n) is 6.49. The van der Waals surface area contributed by atoms with Gasteiger partial charge in [-0.15, -0.1) is 0 Å². The maximum atomic E-state index is 11.2. The first-order chi connectivity index (χ1) is 9.56. The van der Waals surface area contributed by atoms with Crippen LogP contribution in [0.15, 0.2) is 18.2 Å². The molecular weight excluding hydrogens is 264 g/mol. The fourth-order valence-corrected chi connectivity index (χ4v) is 3.00. The lowest BCUT2D eigenvalue weighted by Crippen LogP contribution is -2.31. The molecule has 2 aliphatic heterocycles. The highest BCUT2D eigenvalue weighted by Gasteiger charge is 2.41. The van der Waals surface area contributed by atoms with Crippen molar-refractivity contribution in [3.63, 3.8) is 0 Å². The Morgan fingerprint density at radius 2 is 2.25 bits per heavy atom. The number of ether oxygens (including phenoxy) is 1. The van der Waals surface area contributed by atoms with Crippen LogP contribution in [0.1, 0.15) is 29.6 Å². The van der Waals surface area contributed by atoms with Crippen LogP contribution in [0.25, 0.3) is 0 Å². The Bertz CT molecular complexity index is 542. The number of nitro benzene ring substituents is 1. The Morgan fingerprint density at radius 3 is 2.80 bits per heavy atom. The third-order valence-corrected chi connectivity index (χ3v) is 3.91. The van der Waals surface area contributed by atoms with Gasteiger partial charge in [0.1, 0.15) is 5.69 Å². The molecule has 7 nitrogen and oxygen atoms in total. The van der Waals surface area contributed by atoms with Crippen molar-refractivity contribution in [2.75, 3.05) is 5.32 Å². The highest BCUT2D eigenvalue weighted by atomic mass is 16.6. The van der Waals surface area contributed by atoms with Gasteiger partial charge in [0.25, 0.3) is 5.69 Å². The van der Waals surface area contributed by atoms with Gasteiger partial charge >= 0.3 is 5.97 Å². The molecule has 2 aliphatic rings. The zero-order chi connectivity index (χ0) is 14.3. The number of anilines is 1. The molecule has 106 valence electrons. The largest absolute Gasteiger partial charge is 0.478 e. The first-order valence-corrected chi connectivity index (χ1v) is 6.49. The minimum atomic E-state index is -1.18. The molecule has 0 amide bonds. The van der Waals surface area contributed by atoms with E-state index in [1.165, 1.54) is 18.2 Å².